The molecule has 0 spiro atoms. The molecule has 0 saturated heterocycles. The third-order valence-electron chi connectivity index (χ3n) is 9.78. The molecule has 0 saturated carbocycles. The summed E-state index contributed by atoms with van der Waals surface area (Å²) in [6.45, 7) is 0. The van der Waals surface area contributed by atoms with Gasteiger partial charge >= 0.3 is 0 Å². The van der Waals surface area contributed by atoms with E-state index < -0.39 is 0 Å². The molecule has 0 unspecified atom stereocenters. The highest BCUT2D eigenvalue weighted by atomic mass is 32.1. The second kappa shape index (κ2) is 14.0. The lowest BCUT2D eigenvalue weighted by molar-refractivity contribution is 1.07. The first-order valence-corrected chi connectivity index (χ1v) is 19.0. The average Bonchev–Trinajstić information content (AvgIpc) is 3.66. The van der Waals surface area contributed by atoms with Gasteiger partial charge in [-0.3, -0.25) is 0 Å². The predicted molar refractivity (Wildman–Crippen MR) is 226 cm³/mol. The molecule has 0 atom stereocenters. The molecule has 3 heterocycles. The van der Waals surface area contributed by atoms with Crippen molar-refractivity contribution in [2.45, 2.75) is 0 Å². The molecule has 10 rings (SSSR count). The number of benzene rings is 7. The molecular weight excluding hydrogens is 691 g/mol. The van der Waals surface area contributed by atoms with E-state index in [-0.39, 0.29) is 0 Å². The minimum atomic E-state index is 0.586. The van der Waals surface area contributed by atoms with E-state index in [1.165, 1.54) is 20.2 Å². The van der Waals surface area contributed by atoms with Gasteiger partial charge in [0.05, 0.1) is 11.4 Å². The average molecular weight is 722 g/mol. The van der Waals surface area contributed by atoms with E-state index in [1.807, 2.05) is 108 Å². The van der Waals surface area contributed by atoms with Crippen LogP contribution in [-0.4, -0.2) is 24.9 Å². The summed E-state index contributed by atoms with van der Waals surface area (Å²) in [7, 11) is 0. The van der Waals surface area contributed by atoms with Crippen LogP contribution in [0.2, 0.25) is 0 Å². The second-order valence-electron chi connectivity index (χ2n) is 13.3. The van der Waals surface area contributed by atoms with Crippen molar-refractivity contribution in [3.63, 3.8) is 0 Å². The van der Waals surface area contributed by atoms with Crippen LogP contribution in [0.5, 0.6) is 0 Å². The van der Waals surface area contributed by atoms with E-state index in [2.05, 4.69) is 91.0 Å². The molecule has 0 aliphatic carbocycles. The fourth-order valence-corrected chi connectivity index (χ4v) is 8.31. The van der Waals surface area contributed by atoms with Crippen molar-refractivity contribution < 1.29 is 0 Å². The van der Waals surface area contributed by atoms with Crippen molar-refractivity contribution in [3.05, 3.63) is 188 Å². The first-order valence-electron chi connectivity index (χ1n) is 18.2. The molecule has 0 amide bonds. The highest BCUT2D eigenvalue weighted by Crippen LogP contribution is 2.44. The molecular formula is C49H31N5S. The zero-order valence-corrected chi connectivity index (χ0v) is 30.4. The Morgan fingerprint density at radius 2 is 0.782 bits per heavy atom. The molecule has 0 radical (unpaired) electrons. The second-order valence-corrected chi connectivity index (χ2v) is 14.3. The molecule has 7 aromatic carbocycles. The van der Waals surface area contributed by atoms with Crippen molar-refractivity contribution in [2.24, 2.45) is 0 Å². The number of aromatic nitrogens is 5. The molecule has 0 N–H and O–H groups in total. The number of rotatable bonds is 7. The van der Waals surface area contributed by atoms with E-state index in [1.54, 1.807) is 0 Å². The lowest BCUT2D eigenvalue weighted by Crippen LogP contribution is -2.02. The zero-order chi connectivity index (χ0) is 36.6. The maximum atomic E-state index is 5.22. The standard InChI is InChI=1S/C49H31N5S/c1-5-16-32(17-6-1)42-31-43(51-46(50-42)33-18-7-2-8-19-33)36-28-29-37(39-25-15-26-40-38-24-13-14-27-44(38)55-45(39)40)41(30-36)49-53-47(34-20-9-3-10-21-34)52-48(54-49)35-22-11-4-12-23-35/h1-31H. The maximum absolute atomic E-state index is 5.22. The largest absolute Gasteiger partial charge is 0.228 e. The summed E-state index contributed by atoms with van der Waals surface area (Å²) in [5, 5.41) is 2.48. The fraction of sp³-hybridized carbons (Fsp3) is 0. The molecule has 55 heavy (non-hydrogen) atoms. The molecule has 6 heteroatoms. The number of nitrogens with zero attached hydrogens (tertiary/aromatic N) is 5. The van der Waals surface area contributed by atoms with Crippen LogP contribution in [-0.2, 0) is 0 Å². The number of hydrogen-bond acceptors (Lipinski definition) is 6. The smallest absolute Gasteiger partial charge is 0.164 e. The van der Waals surface area contributed by atoms with Gasteiger partial charge in [-0.15, -0.1) is 11.3 Å². The minimum Gasteiger partial charge on any atom is -0.228 e. The Morgan fingerprint density at radius 3 is 1.40 bits per heavy atom. The van der Waals surface area contributed by atoms with Gasteiger partial charge in [0.15, 0.2) is 23.3 Å². The van der Waals surface area contributed by atoms with Crippen LogP contribution in [0.4, 0.5) is 0 Å². The van der Waals surface area contributed by atoms with Gasteiger partial charge < -0.3 is 0 Å². The van der Waals surface area contributed by atoms with E-state index in [4.69, 9.17) is 24.9 Å². The number of thiophene rings is 1. The zero-order valence-electron chi connectivity index (χ0n) is 29.5. The summed E-state index contributed by atoms with van der Waals surface area (Å²) in [6.07, 6.45) is 0. The van der Waals surface area contributed by atoms with Gasteiger partial charge in [-0.05, 0) is 23.8 Å². The Kier molecular flexibility index (Phi) is 8.28. The Hall–Kier alpha value is -7.15. The lowest BCUT2D eigenvalue weighted by atomic mass is 9.94. The normalized spacial score (nSPS) is 11.3. The van der Waals surface area contributed by atoms with E-state index in [0.717, 1.165) is 55.9 Å². The van der Waals surface area contributed by atoms with Gasteiger partial charge in [-0.25, -0.2) is 24.9 Å². The first kappa shape index (κ1) is 32.5. The van der Waals surface area contributed by atoms with Crippen molar-refractivity contribution in [1.82, 2.24) is 24.9 Å². The van der Waals surface area contributed by atoms with Crippen molar-refractivity contribution in [1.29, 1.82) is 0 Å². The minimum absolute atomic E-state index is 0.586. The van der Waals surface area contributed by atoms with Crippen molar-refractivity contribution in [2.75, 3.05) is 0 Å². The van der Waals surface area contributed by atoms with Crippen LogP contribution in [0, 0.1) is 0 Å². The SMILES string of the molecule is c1ccc(-c2cc(-c3ccc(-c4cccc5c4sc4ccccc45)c(-c4nc(-c5ccccc5)nc(-c5ccccc5)n4)c3)nc(-c3ccccc3)n2)cc1. The van der Waals surface area contributed by atoms with E-state index >= 15 is 0 Å². The number of hydrogen-bond donors (Lipinski definition) is 0. The Morgan fingerprint density at radius 1 is 0.291 bits per heavy atom. The van der Waals surface area contributed by atoms with Crippen molar-refractivity contribution >= 4 is 31.5 Å². The summed E-state index contributed by atoms with van der Waals surface area (Å²) in [5.74, 6) is 2.47. The molecule has 3 aromatic heterocycles. The molecule has 258 valence electrons. The molecule has 0 fully saturated rings. The quantitative estimate of drug-likeness (QED) is 0.164. The summed E-state index contributed by atoms with van der Waals surface area (Å²) < 4.78 is 2.47. The first-order chi connectivity index (χ1) is 27.2. The molecule has 0 bridgehead atoms. The Bertz CT molecular complexity index is 2850. The summed E-state index contributed by atoms with van der Waals surface area (Å²) in [5.41, 5.74) is 9.45. The lowest BCUT2D eigenvalue weighted by Gasteiger charge is -2.15. The van der Waals surface area contributed by atoms with Crippen LogP contribution in [0.15, 0.2) is 188 Å². The molecule has 5 nitrogen and oxygen atoms in total. The van der Waals surface area contributed by atoms with Crippen LogP contribution in [0.3, 0.4) is 0 Å². The Labute approximate surface area is 322 Å². The van der Waals surface area contributed by atoms with Crippen molar-refractivity contribution in [3.8, 4) is 79.2 Å². The molecule has 0 aliphatic heterocycles. The molecule has 0 aliphatic rings. The highest BCUT2D eigenvalue weighted by molar-refractivity contribution is 7.26. The van der Waals surface area contributed by atoms with Crippen LogP contribution < -0.4 is 0 Å². The third kappa shape index (κ3) is 6.24. The van der Waals surface area contributed by atoms with Gasteiger partial charge in [0.2, 0.25) is 0 Å². The number of fused-ring (bicyclic) bond motifs is 3. The predicted octanol–water partition coefficient (Wildman–Crippen LogP) is 12.7. The van der Waals surface area contributed by atoms with Gasteiger partial charge in [0.1, 0.15) is 0 Å². The Balaban J connectivity index is 1.25. The van der Waals surface area contributed by atoms with Gasteiger partial charge in [0.25, 0.3) is 0 Å². The monoisotopic (exact) mass is 721 g/mol. The summed E-state index contributed by atoms with van der Waals surface area (Å²) >= 11 is 1.81. The third-order valence-corrected chi connectivity index (χ3v) is 11.0. The van der Waals surface area contributed by atoms with Crippen LogP contribution >= 0.6 is 11.3 Å². The topological polar surface area (TPSA) is 64.5 Å². The fourth-order valence-electron chi connectivity index (χ4n) is 7.08. The van der Waals surface area contributed by atoms with E-state index in [9.17, 15) is 0 Å². The highest BCUT2D eigenvalue weighted by Gasteiger charge is 2.20. The van der Waals surface area contributed by atoms with E-state index in [0.29, 0.717) is 23.3 Å². The van der Waals surface area contributed by atoms with Gasteiger partial charge in [-0.1, -0.05) is 170 Å². The van der Waals surface area contributed by atoms with Gasteiger partial charge in [0, 0.05) is 59.1 Å². The molecule has 10 aromatic rings. The van der Waals surface area contributed by atoms with Gasteiger partial charge in [-0.2, -0.15) is 0 Å². The van der Waals surface area contributed by atoms with Crippen LogP contribution in [0.1, 0.15) is 0 Å². The van der Waals surface area contributed by atoms with Crippen LogP contribution in [0.25, 0.3) is 99.4 Å². The maximum Gasteiger partial charge on any atom is 0.164 e. The summed E-state index contributed by atoms with van der Waals surface area (Å²) in [6, 6.07) is 64.5. The summed E-state index contributed by atoms with van der Waals surface area (Å²) in [4.78, 5) is 25.7.